The minimum Gasteiger partial charge on any atom is -0.497 e. The standard InChI is InChI=1S/C20H27N3O2.HI/c1-16(25-19-11-9-18(24-3)10-12-19)15-23-20(21-2)22-14-13-17-7-5-4-6-8-17;/h4-12,16H,13-15H2,1-3H3,(H2,21,22,23);1H. The third kappa shape index (κ3) is 7.95. The Morgan fingerprint density at radius 1 is 1.00 bits per heavy atom. The van der Waals surface area contributed by atoms with E-state index in [9.17, 15) is 0 Å². The van der Waals surface area contributed by atoms with Gasteiger partial charge in [-0.2, -0.15) is 0 Å². The summed E-state index contributed by atoms with van der Waals surface area (Å²) in [6.45, 7) is 3.52. The molecule has 0 saturated heterocycles. The molecule has 0 spiro atoms. The van der Waals surface area contributed by atoms with Crippen LogP contribution in [-0.4, -0.2) is 39.3 Å². The number of nitrogens with one attached hydrogen (secondary N) is 2. The lowest BCUT2D eigenvalue weighted by atomic mass is 10.1. The normalized spacial score (nSPS) is 11.9. The second-order valence-electron chi connectivity index (χ2n) is 5.72. The predicted molar refractivity (Wildman–Crippen MR) is 118 cm³/mol. The Morgan fingerprint density at radius 2 is 1.65 bits per heavy atom. The maximum absolute atomic E-state index is 5.88. The highest BCUT2D eigenvalue weighted by Crippen LogP contribution is 2.17. The lowest BCUT2D eigenvalue weighted by Crippen LogP contribution is -2.42. The monoisotopic (exact) mass is 469 g/mol. The van der Waals surface area contributed by atoms with Gasteiger partial charge in [-0.15, -0.1) is 24.0 Å². The Morgan fingerprint density at radius 3 is 2.27 bits per heavy atom. The number of benzene rings is 2. The summed E-state index contributed by atoms with van der Waals surface area (Å²) < 4.78 is 11.0. The zero-order chi connectivity index (χ0) is 17.9. The van der Waals surface area contributed by atoms with E-state index in [2.05, 4.69) is 39.9 Å². The van der Waals surface area contributed by atoms with Crippen molar-refractivity contribution in [3.8, 4) is 11.5 Å². The third-order valence-corrected chi connectivity index (χ3v) is 3.73. The van der Waals surface area contributed by atoms with Gasteiger partial charge in [0.15, 0.2) is 5.96 Å². The molecule has 26 heavy (non-hydrogen) atoms. The van der Waals surface area contributed by atoms with Gasteiger partial charge in [-0.3, -0.25) is 4.99 Å². The van der Waals surface area contributed by atoms with Crippen molar-refractivity contribution >= 4 is 29.9 Å². The van der Waals surface area contributed by atoms with Crippen LogP contribution in [0.5, 0.6) is 11.5 Å². The fourth-order valence-electron chi connectivity index (χ4n) is 2.36. The molecular formula is C20H28IN3O2. The summed E-state index contributed by atoms with van der Waals surface area (Å²) in [4.78, 5) is 4.24. The first kappa shape index (κ1) is 22.1. The van der Waals surface area contributed by atoms with Crippen LogP contribution in [-0.2, 0) is 6.42 Å². The zero-order valence-electron chi connectivity index (χ0n) is 15.6. The molecule has 0 fully saturated rings. The molecule has 1 atom stereocenters. The van der Waals surface area contributed by atoms with Crippen molar-refractivity contribution in [2.75, 3.05) is 27.2 Å². The van der Waals surface area contributed by atoms with E-state index in [0.717, 1.165) is 30.4 Å². The lowest BCUT2D eigenvalue weighted by molar-refractivity contribution is 0.223. The second kappa shape index (κ2) is 12.4. The summed E-state index contributed by atoms with van der Waals surface area (Å²) in [6, 6.07) is 18.0. The van der Waals surface area contributed by atoms with Crippen molar-refractivity contribution in [1.82, 2.24) is 10.6 Å². The van der Waals surface area contributed by atoms with Crippen LogP contribution in [0.2, 0.25) is 0 Å². The highest BCUT2D eigenvalue weighted by atomic mass is 127. The molecule has 0 radical (unpaired) electrons. The largest absolute Gasteiger partial charge is 0.497 e. The minimum atomic E-state index is 0. The molecule has 0 aliphatic heterocycles. The highest BCUT2D eigenvalue weighted by Gasteiger charge is 2.06. The van der Waals surface area contributed by atoms with Crippen molar-refractivity contribution < 1.29 is 9.47 Å². The van der Waals surface area contributed by atoms with Crippen LogP contribution in [0.15, 0.2) is 59.6 Å². The van der Waals surface area contributed by atoms with Gasteiger partial charge in [0.05, 0.1) is 13.7 Å². The van der Waals surface area contributed by atoms with Crippen LogP contribution in [0.25, 0.3) is 0 Å². The van der Waals surface area contributed by atoms with Gasteiger partial charge in [-0.05, 0) is 43.2 Å². The molecule has 1 unspecified atom stereocenters. The summed E-state index contributed by atoms with van der Waals surface area (Å²) in [5, 5.41) is 6.61. The van der Waals surface area contributed by atoms with Crippen LogP contribution in [0.4, 0.5) is 0 Å². The number of methoxy groups -OCH3 is 1. The molecule has 0 saturated carbocycles. The molecule has 2 aromatic rings. The fraction of sp³-hybridized carbons (Fsp3) is 0.350. The van der Waals surface area contributed by atoms with Crippen LogP contribution in [0.1, 0.15) is 12.5 Å². The number of nitrogens with zero attached hydrogens (tertiary/aromatic N) is 1. The number of hydrogen-bond acceptors (Lipinski definition) is 3. The first-order chi connectivity index (χ1) is 12.2. The fourth-order valence-corrected chi connectivity index (χ4v) is 2.36. The summed E-state index contributed by atoms with van der Waals surface area (Å²) in [7, 11) is 3.42. The molecule has 2 rings (SSSR count). The Hall–Kier alpha value is -1.96. The van der Waals surface area contributed by atoms with Crippen molar-refractivity contribution in [3.63, 3.8) is 0 Å². The Labute approximate surface area is 173 Å². The molecular weight excluding hydrogens is 441 g/mol. The van der Waals surface area contributed by atoms with Crippen molar-refractivity contribution in [3.05, 3.63) is 60.2 Å². The highest BCUT2D eigenvalue weighted by molar-refractivity contribution is 14.0. The van der Waals surface area contributed by atoms with E-state index >= 15 is 0 Å². The summed E-state index contributed by atoms with van der Waals surface area (Å²) in [5.74, 6) is 2.42. The SMILES string of the molecule is CN=C(NCCc1ccccc1)NCC(C)Oc1ccc(OC)cc1.I. The van der Waals surface area contributed by atoms with E-state index in [1.54, 1.807) is 14.2 Å². The van der Waals surface area contributed by atoms with Crippen LogP contribution < -0.4 is 20.1 Å². The Balaban J connectivity index is 0.00000338. The van der Waals surface area contributed by atoms with Crippen molar-refractivity contribution in [2.24, 2.45) is 4.99 Å². The summed E-state index contributed by atoms with van der Waals surface area (Å²) in [6.07, 6.45) is 0.973. The molecule has 2 N–H and O–H groups in total. The number of halogens is 1. The second-order valence-corrected chi connectivity index (χ2v) is 5.72. The van der Waals surface area contributed by atoms with E-state index in [4.69, 9.17) is 9.47 Å². The quantitative estimate of drug-likeness (QED) is 0.353. The number of rotatable bonds is 8. The van der Waals surface area contributed by atoms with Gasteiger partial charge in [-0.25, -0.2) is 0 Å². The number of guanidine groups is 1. The van der Waals surface area contributed by atoms with E-state index < -0.39 is 0 Å². The summed E-state index contributed by atoms with van der Waals surface area (Å²) in [5.41, 5.74) is 1.31. The van der Waals surface area contributed by atoms with Gasteiger partial charge in [0.1, 0.15) is 17.6 Å². The van der Waals surface area contributed by atoms with Gasteiger partial charge in [0.2, 0.25) is 0 Å². The van der Waals surface area contributed by atoms with E-state index in [0.29, 0.717) is 6.54 Å². The van der Waals surface area contributed by atoms with Crippen molar-refractivity contribution in [2.45, 2.75) is 19.4 Å². The average Bonchev–Trinajstić information content (AvgIpc) is 2.66. The van der Waals surface area contributed by atoms with E-state index in [-0.39, 0.29) is 30.1 Å². The van der Waals surface area contributed by atoms with Gasteiger partial charge >= 0.3 is 0 Å². The van der Waals surface area contributed by atoms with Gasteiger partial charge < -0.3 is 20.1 Å². The Kier molecular flexibility index (Phi) is 10.5. The van der Waals surface area contributed by atoms with Gasteiger partial charge in [0, 0.05) is 13.6 Å². The maximum Gasteiger partial charge on any atom is 0.191 e. The lowest BCUT2D eigenvalue weighted by Gasteiger charge is -2.18. The van der Waals surface area contributed by atoms with Gasteiger partial charge in [0.25, 0.3) is 0 Å². The molecule has 0 heterocycles. The molecule has 0 bridgehead atoms. The first-order valence-corrected chi connectivity index (χ1v) is 8.50. The van der Waals surface area contributed by atoms with E-state index in [1.165, 1.54) is 5.56 Å². The smallest absolute Gasteiger partial charge is 0.191 e. The van der Waals surface area contributed by atoms with Crippen LogP contribution in [0, 0.1) is 0 Å². The minimum absolute atomic E-state index is 0. The number of aliphatic imine (C=N–C) groups is 1. The maximum atomic E-state index is 5.88. The number of ether oxygens (including phenoxy) is 2. The number of hydrogen-bond donors (Lipinski definition) is 2. The third-order valence-electron chi connectivity index (χ3n) is 3.73. The molecule has 2 aromatic carbocycles. The molecule has 142 valence electrons. The van der Waals surface area contributed by atoms with E-state index in [1.807, 2.05) is 37.3 Å². The van der Waals surface area contributed by atoms with Gasteiger partial charge in [-0.1, -0.05) is 30.3 Å². The predicted octanol–water partition coefficient (Wildman–Crippen LogP) is 3.49. The molecule has 0 aliphatic rings. The van der Waals surface area contributed by atoms with Crippen LogP contribution in [0.3, 0.4) is 0 Å². The molecule has 0 aromatic heterocycles. The van der Waals surface area contributed by atoms with Crippen molar-refractivity contribution in [1.29, 1.82) is 0 Å². The zero-order valence-corrected chi connectivity index (χ0v) is 17.9. The first-order valence-electron chi connectivity index (χ1n) is 8.50. The topological polar surface area (TPSA) is 54.9 Å². The molecule has 6 heteroatoms. The Bertz CT molecular complexity index is 648. The average molecular weight is 469 g/mol. The van der Waals surface area contributed by atoms with Crippen LogP contribution >= 0.6 is 24.0 Å². The summed E-state index contributed by atoms with van der Waals surface area (Å²) >= 11 is 0. The molecule has 0 amide bonds. The molecule has 5 nitrogen and oxygen atoms in total. The molecule has 0 aliphatic carbocycles.